The Hall–Kier alpha value is -1.30. The molecule has 1 saturated heterocycles. The third-order valence-corrected chi connectivity index (χ3v) is 3.29. The van der Waals surface area contributed by atoms with E-state index < -0.39 is 5.60 Å². The summed E-state index contributed by atoms with van der Waals surface area (Å²) in [5.41, 5.74) is -0.521. The number of hydrogen-bond acceptors (Lipinski definition) is 4. The molecular formula is C14H26N2O4. The summed E-state index contributed by atoms with van der Waals surface area (Å²) in [6.07, 6.45) is 2.72. The summed E-state index contributed by atoms with van der Waals surface area (Å²) >= 11 is 0. The smallest absolute Gasteiger partial charge is 0.410 e. The first kappa shape index (κ1) is 16.8. The molecular weight excluding hydrogens is 260 g/mol. The Morgan fingerprint density at radius 1 is 1.30 bits per heavy atom. The van der Waals surface area contributed by atoms with E-state index >= 15 is 0 Å². The van der Waals surface area contributed by atoms with E-state index in [1.54, 1.807) is 11.9 Å². The van der Waals surface area contributed by atoms with Gasteiger partial charge >= 0.3 is 6.09 Å². The molecule has 0 N–H and O–H groups in total. The third-order valence-electron chi connectivity index (χ3n) is 3.29. The summed E-state index contributed by atoms with van der Waals surface area (Å²) in [4.78, 5) is 30.7. The Labute approximate surface area is 121 Å². The van der Waals surface area contributed by atoms with Crippen LogP contribution in [0.4, 0.5) is 4.79 Å². The van der Waals surface area contributed by atoms with Gasteiger partial charge in [-0.05, 0) is 40.0 Å². The first-order chi connectivity index (χ1) is 9.24. The van der Waals surface area contributed by atoms with Crippen molar-refractivity contribution in [3.63, 3.8) is 0 Å². The van der Waals surface area contributed by atoms with Crippen LogP contribution >= 0.6 is 0 Å². The Morgan fingerprint density at radius 2 is 1.95 bits per heavy atom. The molecule has 1 rings (SSSR count). The Balaban J connectivity index is 2.67. The number of hydrogen-bond donors (Lipinski definition) is 0. The van der Waals surface area contributed by atoms with Crippen LogP contribution in [0.2, 0.25) is 0 Å². The van der Waals surface area contributed by atoms with Crippen molar-refractivity contribution in [2.45, 2.75) is 58.1 Å². The minimum atomic E-state index is -0.521. The molecule has 6 nitrogen and oxygen atoms in total. The number of hydroxylamine groups is 2. The largest absolute Gasteiger partial charge is 0.444 e. The second-order valence-electron chi connectivity index (χ2n) is 6.10. The Morgan fingerprint density at radius 3 is 2.50 bits per heavy atom. The van der Waals surface area contributed by atoms with Crippen LogP contribution in [0.3, 0.4) is 0 Å². The van der Waals surface area contributed by atoms with Crippen LogP contribution in [0.5, 0.6) is 0 Å². The van der Waals surface area contributed by atoms with Gasteiger partial charge in [0.1, 0.15) is 5.60 Å². The van der Waals surface area contributed by atoms with Crippen LogP contribution in [0.15, 0.2) is 0 Å². The predicted octanol–water partition coefficient (Wildman–Crippen LogP) is 2.19. The zero-order valence-electron chi connectivity index (χ0n) is 13.1. The van der Waals surface area contributed by atoms with Gasteiger partial charge in [-0.2, -0.15) is 0 Å². The molecule has 1 heterocycles. The van der Waals surface area contributed by atoms with E-state index in [0.29, 0.717) is 6.54 Å². The highest BCUT2D eigenvalue weighted by Crippen LogP contribution is 2.23. The molecule has 1 fully saturated rings. The van der Waals surface area contributed by atoms with Gasteiger partial charge in [-0.1, -0.05) is 0 Å². The van der Waals surface area contributed by atoms with E-state index in [-0.39, 0.29) is 24.5 Å². The molecule has 0 aromatic heterocycles. The molecule has 1 aliphatic rings. The van der Waals surface area contributed by atoms with Gasteiger partial charge in [-0.15, -0.1) is 0 Å². The zero-order valence-corrected chi connectivity index (χ0v) is 13.1. The molecule has 0 spiro atoms. The maximum atomic E-state index is 12.2. The van der Waals surface area contributed by atoms with Gasteiger partial charge in [-0.25, -0.2) is 9.86 Å². The molecule has 0 bridgehead atoms. The number of amides is 2. The summed E-state index contributed by atoms with van der Waals surface area (Å²) in [5.74, 6) is -0.132. The fourth-order valence-corrected chi connectivity index (χ4v) is 2.21. The molecule has 0 aliphatic carbocycles. The summed E-state index contributed by atoms with van der Waals surface area (Å²) in [6.45, 7) is 6.17. The Bertz CT molecular complexity index is 352. The minimum absolute atomic E-state index is 0.108. The Kier molecular flexibility index (Phi) is 5.80. The van der Waals surface area contributed by atoms with Crippen molar-refractivity contribution in [3.8, 4) is 0 Å². The topological polar surface area (TPSA) is 59.1 Å². The van der Waals surface area contributed by atoms with E-state index in [0.717, 1.165) is 19.3 Å². The summed E-state index contributed by atoms with van der Waals surface area (Å²) < 4.78 is 5.41. The molecule has 0 radical (unpaired) electrons. The minimum Gasteiger partial charge on any atom is -0.444 e. The van der Waals surface area contributed by atoms with Gasteiger partial charge in [0, 0.05) is 26.1 Å². The van der Waals surface area contributed by atoms with Crippen molar-refractivity contribution in [2.75, 3.05) is 20.7 Å². The summed E-state index contributed by atoms with van der Waals surface area (Å²) in [7, 11) is 3.02. The zero-order chi connectivity index (χ0) is 15.3. The molecule has 0 aromatic rings. The van der Waals surface area contributed by atoms with Gasteiger partial charge < -0.3 is 9.64 Å². The maximum Gasteiger partial charge on any atom is 0.410 e. The van der Waals surface area contributed by atoms with Crippen molar-refractivity contribution in [3.05, 3.63) is 0 Å². The van der Waals surface area contributed by atoms with Gasteiger partial charge in [-0.3, -0.25) is 9.63 Å². The lowest BCUT2D eigenvalue weighted by Gasteiger charge is -2.36. The number of likely N-dealkylation sites (tertiary alicyclic amines) is 1. The van der Waals surface area contributed by atoms with Crippen molar-refractivity contribution in [1.82, 2.24) is 9.96 Å². The fraction of sp³-hybridized carbons (Fsp3) is 0.857. The summed E-state index contributed by atoms with van der Waals surface area (Å²) in [5, 5.41) is 1.20. The van der Waals surface area contributed by atoms with Crippen LogP contribution in [-0.2, 0) is 14.4 Å². The van der Waals surface area contributed by atoms with Gasteiger partial charge in [0.25, 0.3) is 0 Å². The predicted molar refractivity (Wildman–Crippen MR) is 75.0 cm³/mol. The lowest BCUT2D eigenvalue weighted by Crippen LogP contribution is -2.48. The monoisotopic (exact) mass is 286 g/mol. The van der Waals surface area contributed by atoms with Crippen LogP contribution < -0.4 is 0 Å². The highest BCUT2D eigenvalue weighted by atomic mass is 16.7. The second-order valence-corrected chi connectivity index (χ2v) is 6.10. The molecule has 0 saturated carbocycles. The number of carbonyl (C=O) groups is 2. The van der Waals surface area contributed by atoms with Crippen LogP contribution in [0.1, 0.15) is 46.5 Å². The molecule has 20 heavy (non-hydrogen) atoms. The molecule has 1 atom stereocenters. The number of piperidine rings is 1. The molecule has 116 valence electrons. The molecule has 2 amide bonds. The van der Waals surface area contributed by atoms with E-state index in [9.17, 15) is 9.59 Å². The molecule has 6 heteroatoms. The number of rotatable bonds is 3. The van der Waals surface area contributed by atoms with Gasteiger partial charge in [0.15, 0.2) is 0 Å². The fourth-order valence-electron chi connectivity index (χ4n) is 2.21. The van der Waals surface area contributed by atoms with E-state index in [2.05, 4.69) is 0 Å². The van der Waals surface area contributed by atoms with Crippen LogP contribution in [0.25, 0.3) is 0 Å². The average Bonchev–Trinajstić information content (AvgIpc) is 2.36. The highest BCUT2D eigenvalue weighted by molar-refractivity contribution is 5.77. The summed E-state index contributed by atoms with van der Waals surface area (Å²) in [6, 6.07) is -0.108. The SMILES string of the molecule is CON(C)C(=O)C[C@@H]1CCCCN1C(=O)OC(C)(C)C. The number of nitrogens with zero attached hydrogens (tertiary/aromatic N) is 2. The van der Waals surface area contributed by atoms with Crippen LogP contribution in [0, 0.1) is 0 Å². The molecule has 1 aliphatic heterocycles. The van der Waals surface area contributed by atoms with Crippen LogP contribution in [-0.4, -0.2) is 54.3 Å². The number of carbonyl (C=O) groups excluding carboxylic acids is 2. The lowest BCUT2D eigenvalue weighted by atomic mass is 9.99. The normalized spacial score (nSPS) is 19.6. The molecule has 0 aromatic carbocycles. The van der Waals surface area contributed by atoms with Crippen molar-refractivity contribution in [1.29, 1.82) is 0 Å². The number of ether oxygens (including phenoxy) is 1. The first-order valence-electron chi connectivity index (χ1n) is 7.05. The van der Waals surface area contributed by atoms with Crippen molar-refractivity contribution < 1.29 is 19.2 Å². The molecule has 0 unspecified atom stereocenters. The van der Waals surface area contributed by atoms with E-state index in [4.69, 9.17) is 9.57 Å². The van der Waals surface area contributed by atoms with Crippen molar-refractivity contribution in [2.24, 2.45) is 0 Å². The highest BCUT2D eigenvalue weighted by Gasteiger charge is 2.32. The first-order valence-corrected chi connectivity index (χ1v) is 7.05. The standard InChI is InChI=1S/C14H26N2O4/c1-14(2,3)20-13(18)16-9-7-6-8-11(16)10-12(17)15(4)19-5/h11H,6-10H2,1-5H3/t11-/m0/s1. The van der Waals surface area contributed by atoms with E-state index in [1.165, 1.54) is 12.2 Å². The van der Waals surface area contributed by atoms with Gasteiger partial charge in [0.05, 0.1) is 7.11 Å². The third kappa shape index (κ3) is 5.00. The average molecular weight is 286 g/mol. The van der Waals surface area contributed by atoms with Gasteiger partial charge in [0.2, 0.25) is 5.91 Å². The van der Waals surface area contributed by atoms with Crippen molar-refractivity contribution >= 4 is 12.0 Å². The van der Waals surface area contributed by atoms with E-state index in [1.807, 2.05) is 20.8 Å². The lowest BCUT2D eigenvalue weighted by molar-refractivity contribution is -0.170. The maximum absolute atomic E-state index is 12.2. The quantitative estimate of drug-likeness (QED) is 0.746. The second kappa shape index (κ2) is 6.92.